The second-order valence-electron chi connectivity index (χ2n) is 6.82. The van der Waals surface area contributed by atoms with Crippen molar-refractivity contribution in [2.75, 3.05) is 18.0 Å². The predicted octanol–water partition coefficient (Wildman–Crippen LogP) is 2.20. The third-order valence-electron chi connectivity index (χ3n) is 4.99. The Morgan fingerprint density at radius 1 is 1.15 bits per heavy atom. The molecule has 7 heteroatoms. The zero-order chi connectivity index (χ0) is 18.6. The number of aromatic nitrogens is 4. The predicted molar refractivity (Wildman–Crippen MR) is 103 cm³/mol. The van der Waals surface area contributed by atoms with Crippen LogP contribution in [0.4, 0.5) is 5.82 Å². The van der Waals surface area contributed by atoms with Gasteiger partial charge < -0.3 is 15.2 Å². The number of anilines is 1. The van der Waals surface area contributed by atoms with E-state index in [0.717, 1.165) is 44.1 Å². The van der Waals surface area contributed by atoms with Crippen molar-refractivity contribution in [3.63, 3.8) is 0 Å². The molecule has 138 valence electrons. The molecule has 1 saturated heterocycles. The molecule has 1 amide bonds. The Morgan fingerprint density at radius 2 is 2.00 bits per heavy atom. The van der Waals surface area contributed by atoms with Crippen LogP contribution < -0.4 is 10.6 Å². The number of carbonyl (C=O) groups excluding carboxylic acids is 1. The van der Waals surface area contributed by atoms with Gasteiger partial charge in [0, 0.05) is 62.1 Å². The maximum Gasteiger partial charge on any atom is 0.248 e. The van der Waals surface area contributed by atoms with E-state index in [9.17, 15) is 4.79 Å². The van der Waals surface area contributed by atoms with Crippen LogP contribution in [0.5, 0.6) is 0 Å². The Morgan fingerprint density at radius 3 is 2.81 bits per heavy atom. The molecule has 0 aromatic carbocycles. The zero-order valence-corrected chi connectivity index (χ0v) is 15.0. The maximum atomic E-state index is 11.5. The van der Waals surface area contributed by atoms with Gasteiger partial charge in [-0.05, 0) is 42.7 Å². The summed E-state index contributed by atoms with van der Waals surface area (Å²) in [5, 5.41) is 0. The molecule has 2 N–H and O–H groups in total. The van der Waals surface area contributed by atoms with Crippen molar-refractivity contribution in [1.29, 1.82) is 0 Å². The number of amides is 1. The number of rotatable bonds is 5. The molecule has 1 fully saturated rings. The number of pyridine rings is 2. The molecule has 1 aliphatic heterocycles. The van der Waals surface area contributed by atoms with Crippen molar-refractivity contribution < 1.29 is 4.79 Å². The average molecular weight is 362 g/mol. The van der Waals surface area contributed by atoms with Gasteiger partial charge in [0.05, 0.1) is 0 Å². The van der Waals surface area contributed by atoms with Crippen molar-refractivity contribution >= 4 is 11.7 Å². The van der Waals surface area contributed by atoms with Crippen molar-refractivity contribution in [3.8, 4) is 0 Å². The number of imidazole rings is 1. The number of nitrogens with zero attached hydrogens (tertiary/aromatic N) is 5. The summed E-state index contributed by atoms with van der Waals surface area (Å²) < 4.78 is 2.21. The smallest absolute Gasteiger partial charge is 0.248 e. The Bertz CT molecular complexity index is 923. The molecule has 3 aromatic rings. The summed E-state index contributed by atoms with van der Waals surface area (Å²) in [6.45, 7) is 2.52. The van der Waals surface area contributed by atoms with Crippen LogP contribution in [0.15, 0.2) is 55.2 Å². The molecule has 7 nitrogen and oxygen atoms in total. The highest BCUT2D eigenvalue weighted by molar-refractivity contribution is 5.93. The average Bonchev–Trinajstić information content (AvgIpc) is 3.17. The third kappa shape index (κ3) is 3.81. The number of primary amides is 1. The van der Waals surface area contributed by atoms with Crippen LogP contribution in [0.1, 0.15) is 40.5 Å². The third-order valence-corrected chi connectivity index (χ3v) is 4.99. The Balaban J connectivity index is 1.53. The normalized spacial score (nSPS) is 17.0. The molecule has 4 rings (SSSR count). The van der Waals surface area contributed by atoms with Crippen LogP contribution in [0.2, 0.25) is 0 Å². The molecular formula is C20H22N6O. The summed E-state index contributed by atoms with van der Waals surface area (Å²) >= 11 is 0. The highest BCUT2D eigenvalue weighted by Gasteiger charge is 2.25. The van der Waals surface area contributed by atoms with Crippen LogP contribution in [0.25, 0.3) is 0 Å². The first-order valence-electron chi connectivity index (χ1n) is 9.11. The van der Waals surface area contributed by atoms with Gasteiger partial charge in [-0.15, -0.1) is 0 Å². The lowest BCUT2D eigenvalue weighted by Gasteiger charge is -2.33. The summed E-state index contributed by atoms with van der Waals surface area (Å²) in [5.74, 6) is 1.76. The van der Waals surface area contributed by atoms with Gasteiger partial charge in [-0.2, -0.15) is 0 Å². The fourth-order valence-electron chi connectivity index (χ4n) is 3.64. The van der Waals surface area contributed by atoms with E-state index in [4.69, 9.17) is 5.73 Å². The monoisotopic (exact) mass is 362 g/mol. The second-order valence-corrected chi connectivity index (χ2v) is 6.82. The highest BCUT2D eigenvalue weighted by Crippen LogP contribution is 2.29. The minimum Gasteiger partial charge on any atom is -0.366 e. The largest absolute Gasteiger partial charge is 0.366 e. The molecule has 27 heavy (non-hydrogen) atoms. The lowest BCUT2D eigenvalue weighted by Crippen LogP contribution is -2.36. The highest BCUT2D eigenvalue weighted by atomic mass is 16.1. The Labute approximate surface area is 157 Å². The van der Waals surface area contributed by atoms with Crippen LogP contribution in [0, 0.1) is 0 Å². The van der Waals surface area contributed by atoms with E-state index in [-0.39, 0.29) is 0 Å². The molecule has 1 aliphatic rings. The number of carbonyl (C=O) groups is 1. The summed E-state index contributed by atoms with van der Waals surface area (Å²) in [6.07, 6.45) is 11.3. The molecule has 0 bridgehead atoms. The number of piperidine rings is 1. The first-order valence-corrected chi connectivity index (χ1v) is 9.11. The SMILES string of the molecule is NC(=O)c1ccnc(N2CCC[C@H](c3nccn3Cc3ccncc3)C2)c1. The van der Waals surface area contributed by atoms with Crippen LogP contribution in [-0.2, 0) is 6.54 Å². The fourth-order valence-corrected chi connectivity index (χ4v) is 3.64. The van der Waals surface area contributed by atoms with Gasteiger partial charge in [0.1, 0.15) is 11.6 Å². The molecule has 4 heterocycles. The lowest BCUT2D eigenvalue weighted by atomic mass is 9.97. The summed E-state index contributed by atoms with van der Waals surface area (Å²) in [5.41, 5.74) is 7.10. The summed E-state index contributed by atoms with van der Waals surface area (Å²) in [7, 11) is 0. The van der Waals surface area contributed by atoms with Gasteiger partial charge in [0.15, 0.2) is 0 Å². The number of hydrogen-bond acceptors (Lipinski definition) is 5. The Kier molecular flexibility index (Phi) is 4.82. The molecule has 0 unspecified atom stereocenters. The first kappa shape index (κ1) is 17.2. The van der Waals surface area contributed by atoms with E-state index >= 15 is 0 Å². The van der Waals surface area contributed by atoms with Gasteiger partial charge in [-0.25, -0.2) is 9.97 Å². The fraction of sp³-hybridized carbons (Fsp3) is 0.300. The molecular weight excluding hydrogens is 340 g/mol. The maximum absolute atomic E-state index is 11.5. The van der Waals surface area contributed by atoms with E-state index in [1.807, 2.05) is 36.9 Å². The van der Waals surface area contributed by atoms with E-state index < -0.39 is 5.91 Å². The van der Waals surface area contributed by atoms with Gasteiger partial charge in [0.2, 0.25) is 5.91 Å². The minimum atomic E-state index is -0.430. The standard InChI is InChI=1S/C20H22N6O/c21-19(27)16-5-8-23-18(12-16)25-10-1-2-17(14-25)20-24-9-11-26(20)13-15-3-6-22-7-4-15/h3-9,11-12,17H,1-2,10,13-14H2,(H2,21,27)/t17-/m0/s1. The molecule has 0 radical (unpaired) electrons. The van der Waals surface area contributed by atoms with Crippen molar-refractivity contribution in [1.82, 2.24) is 19.5 Å². The lowest BCUT2D eigenvalue weighted by molar-refractivity contribution is 0.1000. The topological polar surface area (TPSA) is 89.9 Å². The quantitative estimate of drug-likeness (QED) is 0.751. The minimum absolute atomic E-state index is 0.314. The number of hydrogen-bond donors (Lipinski definition) is 1. The van der Waals surface area contributed by atoms with Gasteiger partial charge in [-0.3, -0.25) is 9.78 Å². The summed E-state index contributed by atoms with van der Waals surface area (Å²) in [6, 6.07) is 7.47. The van der Waals surface area contributed by atoms with Gasteiger partial charge >= 0.3 is 0 Å². The van der Waals surface area contributed by atoms with Crippen molar-refractivity contribution in [2.45, 2.75) is 25.3 Å². The van der Waals surface area contributed by atoms with Gasteiger partial charge in [-0.1, -0.05) is 0 Å². The van der Waals surface area contributed by atoms with Crippen LogP contribution >= 0.6 is 0 Å². The summed E-state index contributed by atoms with van der Waals surface area (Å²) in [4.78, 5) is 26.8. The molecule has 0 saturated carbocycles. The first-order chi connectivity index (χ1) is 13.2. The van der Waals surface area contributed by atoms with E-state index in [2.05, 4.69) is 24.4 Å². The van der Waals surface area contributed by atoms with E-state index in [1.54, 1.807) is 18.3 Å². The van der Waals surface area contributed by atoms with E-state index in [1.165, 1.54) is 5.56 Å². The van der Waals surface area contributed by atoms with Crippen molar-refractivity contribution in [2.24, 2.45) is 5.73 Å². The Hall–Kier alpha value is -3.22. The van der Waals surface area contributed by atoms with Crippen LogP contribution in [0.3, 0.4) is 0 Å². The number of nitrogens with two attached hydrogens (primary N) is 1. The molecule has 1 atom stereocenters. The van der Waals surface area contributed by atoms with Crippen LogP contribution in [-0.4, -0.2) is 38.5 Å². The zero-order valence-electron chi connectivity index (χ0n) is 15.0. The van der Waals surface area contributed by atoms with Crippen molar-refractivity contribution in [3.05, 3.63) is 72.2 Å². The molecule has 3 aromatic heterocycles. The second kappa shape index (κ2) is 7.57. The van der Waals surface area contributed by atoms with Gasteiger partial charge in [0.25, 0.3) is 0 Å². The molecule has 0 aliphatic carbocycles. The molecule has 0 spiro atoms. The van der Waals surface area contributed by atoms with E-state index in [0.29, 0.717) is 11.5 Å².